The maximum atomic E-state index is 9.37. The van der Waals surface area contributed by atoms with E-state index in [2.05, 4.69) is 5.32 Å². The Morgan fingerprint density at radius 1 is 1.38 bits per heavy atom. The van der Waals surface area contributed by atoms with Crippen LogP contribution in [0.1, 0.15) is 31.7 Å². The first-order valence-electron chi connectivity index (χ1n) is 5.86. The molecule has 1 unspecified atom stereocenters. The molecule has 0 fully saturated rings. The molecule has 0 saturated heterocycles. The maximum absolute atomic E-state index is 9.37. The van der Waals surface area contributed by atoms with Crippen molar-refractivity contribution in [2.24, 2.45) is 0 Å². The van der Waals surface area contributed by atoms with Crippen LogP contribution in [0, 0.1) is 0 Å². The first-order valence-corrected chi connectivity index (χ1v) is 6.24. The number of aliphatic hydroxyl groups excluding tert-OH is 1. The lowest BCUT2D eigenvalue weighted by Gasteiger charge is -2.09. The molecule has 90 valence electrons. The highest BCUT2D eigenvalue weighted by Gasteiger charge is 2.00. The van der Waals surface area contributed by atoms with Gasteiger partial charge < -0.3 is 10.4 Å². The van der Waals surface area contributed by atoms with Crippen molar-refractivity contribution in [3.05, 3.63) is 34.9 Å². The molecule has 0 aliphatic heterocycles. The Morgan fingerprint density at radius 2 is 2.12 bits per heavy atom. The summed E-state index contributed by atoms with van der Waals surface area (Å²) in [6.45, 7) is 3.71. The molecule has 16 heavy (non-hydrogen) atoms. The molecule has 1 aromatic carbocycles. The summed E-state index contributed by atoms with van der Waals surface area (Å²) in [7, 11) is 0. The number of hydrogen-bond acceptors (Lipinski definition) is 2. The minimum absolute atomic E-state index is 0.151. The van der Waals surface area contributed by atoms with E-state index in [9.17, 15) is 5.11 Å². The molecule has 1 rings (SSSR count). The van der Waals surface area contributed by atoms with E-state index in [-0.39, 0.29) is 6.10 Å². The van der Waals surface area contributed by atoms with E-state index < -0.39 is 0 Å². The van der Waals surface area contributed by atoms with E-state index in [0.717, 1.165) is 42.9 Å². The molecule has 2 nitrogen and oxygen atoms in total. The van der Waals surface area contributed by atoms with Crippen LogP contribution in [0.3, 0.4) is 0 Å². The Morgan fingerprint density at radius 3 is 2.81 bits per heavy atom. The van der Waals surface area contributed by atoms with E-state index in [0.29, 0.717) is 0 Å². The number of halogens is 1. The summed E-state index contributed by atoms with van der Waals surface area (Å²) in [4.78, 5) is 0. The van der Waals surface area contributed by atoms with Gasteiger partial charge >= 0.3 is 0 Å². The molecule has 1 aromatic rings. The SMILES string of the molecule is CCC(O)CCCNCc1ccccc1Cl. The molecule has 0 saturated carbocycles. The van der Waals surface area contributed by atoms with Gasteiger partial charge in [-0.05, 0) is 37.4 Å². The quantitative estimate of drug-likeness (QED) is 0.720. The van der Waals surface area contributed by atoms with Crippen molar-refractivity contribution in [1.82, 2.24) is 5.32 Å². The number of benzene rings is 1. The number of hydrogen-bond donors (Lipinski definition) is 2. The Labute approximate surface area is 103 Å². The summed E-state index contributed by atoms with van der Waals surface area (Å²) in [6.07, 6.45) is 2.55. The monoisotopic (exact) mass is 241 g/mol. The van der Waals surface area contributed by atoms with Gasteiger partial charge in [-0.3, -0.25) is 0 Å². The highest BCUT2D eigenvalue weighted by atomic mass is 35.5. The van der Waals surface area contributed by atoms with Crippen molar-refractivity contribution in [2.45, 2.75) is 38.8 Å². The van der Waals surface area contributed by atoms with Crippen LogP contribution in [0.2, 0.25) is 5.02 Å². The normalized spacial score (nSPS) is 12.7. The first-order chi connectivity index (χ1) is 7.74. The fourth-order valence-corrected chi connectivity index (χ4v) is 1.73. The molecule has 0 aliphatic rings. The Bertz CT molecular complexity index is 304. The summed E-state index contributed by atoms with van der Waals surface area (Å²) in [5.41, 5.74) is 1.13. The molecule has 0 radical (unpaired) electrons. The zero-order chi connectivity index (χ0) is 11.8. The smallest absolute Gasteiger partial charge is 0.0538 e. The van der Waals surface area contributed by atoms with Crippen LogP contribution in [-0.2, 0) is 6.54 Å². The largest absolute Gasteiger partial charge is 0.393 e. The van der Waals surface area contributed by atoms with Gasteiger partial charge in [0.1, 0.15) is 0 Å². The van der Waals surface area contributed by atoms with Gasteiger partial charge in [0, 0.05) is 11.6 Å². The summed E-state index contributed by atoms with van der Waals surface area (Å²) in [5.74, 6) is 0. The van der Waals surface area contributed by atoms with Gasteiger partial charge in [0.15, 0.2) is 0 Å². The zero-order valence-corrected chi connectivity index (χ0v) is 10.5. The predicted octanol–water partition coefficient (Wildman–Crippen LogP) is 2.98. The molecule has 0 bridgehead atoms. The average molecular weight is 242 g/mol. The minimum Gasteiger partial charge on any atom is -0.393 e. The molecule has 2 N–H and O–H groups in total. The summed E-state index contributed by atoms with van der Waals surface area (Å²) >= 11 is 6.03. The van der Waals surface area contributed by atoms with Crippen molar-refractivity contribution in [3.8, 4) is 0 Å². The molecule has 0 aromatic heterocycles. The molecular weight excluding hydrogens is 222 g/mol. The van der Waals surface area contributed by atoms with E-state index in [1.165, 1.54) is 0 Å². The number of aliphatic hydroxyl groups is 1. The molecule has 0 amide bonds. The minimum atomic E-state index is -0.151. The second-order valence-electron chi connectivity index (χ2n) is 3.97. The van der Waals surface area contributed by atoms with Gasteiger partial charge in [-0.15, -0.1) is 0 Å². The fraction of sp³-hybridized carbons (Fsp3) is 0.538. The summed E-state index contributed by atoms with van der Waals surface area (Å²) in [6, 6.07) is 7.85. The lowest BCUT2D eigenvalue weighted by molar-refractivity contribution is 0.157. The van der Waals surface area contributed by atoms with Crippen molar-refractivity contribution >= 4 is 11.6 Å². The van der Waals surface area contributed by atoms with Gasteiger partial charge in [0.2, 0.25) is 0 Å². The van der Waals surface area contributed by atoms with Gasteiger partial charge in [0.25, 0.3) is 0 Å². The second-order valence-corrected chi connectivity index (χ2v) is 4.38. The van der Waals surface area contributed by atoms with Crippen molar-refractivity contribution in [2.75, 3.05) is 6.54 Å². The van der Waals surface area contributed by atoms with Gasteiger partial charge in [0.05, 0.1) is 6.10 Å². The third-order valence-corrected chi connectivity index (χ3v) is 3.00. The van der Waals surface area contributed by atoms with E-state index >= 15 is 0 Å². The summed E-state index contributed by atoms with van der Waals surface area (Å²) < 4.78 is 0. The lowest BCUT2D eigenvalue weighted by atomic mass is 10.1. The standard InChI is InChI=1S/C13H20ClNO/c1-2-12(16)7-5-9-15-10-11-6-3-4-8-13(11)14/h3-4,6,8,12,15-16H,2,5,7,9-10H2,1H3. The van der Waals surface area contributed by atoms with Crippen molar-refractivity contribution in [1.29, 1.82) is 0 Å². The zero-order valence-electron chi connectivity index (χ0n) is 9.75. The first kappa shape index (κ1) is 13.5. The van der Waals surface area contributed by atoms with Crippen LogP contribution >= 0.6 is 11.6 Å². The van der Waals surface area contributed by atoms with Crippen molar-refractivity contribution in [3.63, 3.8) is 0 Å². The van der Waals surface area contributed by atoms with E-state index in [4.69, 9.17) is 11.6 Å². The van der Waals surface area contributed by atoms with Crippen LogP contribution < -0.4 is 5.32 Å². The van der Waals surface area contributed by atoms with E-state index in [1.54, 1.807) is 0 Å². The van der Waals surface area contributed by atoms with Crippen LogP contribution in [0.25, 0.3) is 0 Å². The van der Waals surface area contributed by atoms with Gasteiger partial charge in [-0.2, -0.15) is 0 Å². The Kier molecular flexibility index (Phi) is 6.46. The van der Waals surface area contributed by atoms with Crippen LogP contribution in [0.4, 0.5) is 0 Å². The van der Waals surface area contributed by atoms with Crippen LogP contribution in [0.15, 0.2) is 24.3 Å². The Hall–Kier alpha value is -0.570. The molecule has 0 heterocycles. The topological polar surface area (TPSA) is 32.3 Å². The third kappa shape index (κ3) is 4.97. The Balaban J connectivity index is 2.14. The summed E-state index contributed by atoms with van der Waals surface area (Å²) in [5, 5.41) is 13.5. The highest BCUT2D eigenvalue weighted by Crippen LogP contribution is 2.14. The number of rotatable bonds is 7. The van der Waals surface area contributed by atoms with Gasteiger partial charge in [-0.1, -0.05) is 36.7 Å². The van der Waals surface area contributed by atoms with E-state index in [1.807, 2.05) is 31.2 Å². The highest BCUT2D eigenvalue weighted by molar-refractivity contribution is 6.31. The fourth-order valence-electron chi connectivity index (χ4n) is 1.53. The number of nitrogens with one attached hydrogen (secondary N) is 1. The maximum Gasteiger partial charge on any atom is 0.0538 e. The second kappa shape index (κ2) is 7.66. The average Bonchev–Trinajstić information content (AvgIpc) is 2.30. The molecular formula is C13H20ClNO. The lowest BCUT2D eigenvalue weighted by Crippen LogP contribution is -2.17. The van der Waals surface area contributed by atoms with Crippen LogP contribution in [0.5, 0.6) is 0 Å². The third-order valence-electron chi connectivity index (χ3n) is 2.64. The van der Waals surface area contributed by atoms with Gasteiger partial charge in [-0.25, -0.2) is 0 Å². The molecule has 0 spiro atoms. The molecule has 0 aliphatic carbocycles. The van der Waals surface area contributed by atoms with Crippen LogP contribution in [-0.4, -0.2) is 17.8 Å². The molecule has 1 atom stereocenters. The predicted molar refractivity (Wildman–Crippen MR) is 68.7 cm³/mol. The molecule has 3 heteroatoms. The van der Waals surface area contributed by atoms with Crippen molar-refractivity contribution < 1.29 is 5.11 Å².